The number of nitrogens with one attached hydrogen (secondary N) is 1. The van der Waals surface area contributed by atoms with Crippen LogP contribution in [0.15, 0.2) is 18.2 Å². The van der Waals surface area contributed by atoms with Crippen LogP contribution < -0.4 is 16.0 Å². The van der Waals surface area contributed by atoms with Crippen molar-refractivity contribution in [3.05, 3.63) is 23.8 Å². The Hall–Kier alpha value is -1.75. The first-order valence-electron chi connectivity index (χ1n) is 7.62. The number of nitrogens with two attached hydrogens (primary N) is 1. The van der Waals surface area contributed by atoms with Crippen molar-refractivity contribution in [2.45, 2.75) is 25.8 Å². The van der Waals surface area contributed by atoms with Crippen LogP contribution in [-0.4, -0.2) is 50.6 Å². The zero-order valence-corrected chi connectivity index (χ0v) is 13.2. The molecule has 1 aromatic rings. The number of amides is 1. The number of nitrogens with zero attached hydrogens (tertiary/aromatic N) is 2. The Morgan fingerprint density at radius 3 is 2.95 bits per heavy atom. The summed E-state index contributed by atoms with van der Waals surface area (Å²) in [7, 11) is 4.21. The normalized spacial score (nSPS) is 19.3. The van der Waals surface area contributed by atoms with E-state index in [1.807, 2.05) is 19.1 Å². The molecular formula is C16H26N4O. The Balaban J connectivity index is 2.21. The maximum Gasteiger partial charge on any atom is 0.251 e. The van der Waals surface area contributed by atoms with Gasteiger partial charge in [0.05, 0.1) is 11.4 Å². The molecule has 1 aromatic carbocycles. The highest BCUT2D eigenvalue weighted by atomic mass is 16.1. The molecule has 0 radical (unpaired) electrons. The number of carbonyl (C=O) groups excluding carboxylic acids is 1. The first-order chi connectivity index (χ1) is 10.0. The summed E-state index contributed by atoms with van der Waals surface area (Å²) in [6.45, 7) is 4.72. The van der Waals surface area contributed by atoms with Crippen molar-refractivity contribution in [1.29, 1.82) is 0 Å². The van der Waals surface area contributed by atoms with Crippen LogP contribution in [0.3, 0.4) is 0 Å². The molecule has 1 atom stereocenters. The molecule has 5 heteroatoms. The standard InChI is InChI=1S/C16H26N4O/c1-4-18-16(21)12-7-8-14(17)15(10-12)20(3)13-6-5-9-19(2)11-13/h7-8,10,13H,4-6,9,11,17H2,1-3H3,(H,18,21). The fourth-order valence-corrected chi connectivity index (χ4v) is 2.90. The number of likely N-dealkylation sites (N-methyl/N-ethyl adjacent to an activating group) is 2. The SMILES string of the molecule is CCNC(=O)c1ccc(N)c(N(C)C2CCCN(C)C2)c1. The van der Waals surface area contributed by atoms with E-state index in [1.54, 1.807) is 6.07 Å². The lowest BCUT2D eigenvalue weighted by atomic mass is 10.0. The van der Waals surface area contributed by atoms with Crippen molar-refractivity contribution >= 4 is 17.3 Å². The average molecular weight is 290 g/mol. The van der Waals surface area contributed by atoms with Crippen LogP contribution in [0.2, 0.25) is 0 Å². The van der Waals surface area contributed by atoms with Gasteiger partial charge in [-0.3, -0.25) is 4.79 Å². The number of carbonyl (C=O) groups is 1. The van der Waals surface area contributed by atoms with E-state index in [4.69, 9.17) is 5.73 Å². The quantitative estimate of drug-likeness (QED) is 0.826. The van der Waals surface area contributed by atoms with Crippen LogP contribution in [0, 0.1) is 0 Å². The molecular weight excluding hydrogens is 264 g/mol. The Kier molecular flexibility index (Phi) is 5.07. The van der Waals surface area contributed by atoms with Crippen molar-refractivity contribution in [3.8, 4) is 0 Å². The van der Waals surface area contributed by atoms with Crippen molar-refractivity contribution < 1.29 is 4.79 Å². The minimum absolute atomic E-state index is 0.0482. The number of hydrogen-bond acceptors (Lipinski definition) is 4. The summed E-state index contributed by atoms with van der Waals surface area (Å²) in [5.41, 5.74) is 8.45. The van der Waals surface area contributed by atoms with Gasteiger partial charge < -0.3 is 20.9 Å². The summed E-state index contributed by atoms with van der Waals surface area (Å²) in [5, 5.41) is 2.83. The van der Waals surface area contributed by atoms with Gasteiger partial charge in [0.2, 0.25) is 0 Å². The van der Waals surface area contributed by atoms with Crippen LogP contribution in [0.25, 0.3) is 0 Å². The fourth-order valence-electron chi connectivity index (χ4n) is 2.90. The lowest BCUT2D eigenvalue weighted by Crippen LogP contribution is -2.45. The largest absolute Gasteiger partial charge is 0.397 e. The molecule has 0 aliphatic carbocycles. The van der Waals surface area contributed by atoms with E-state index in [0.717, 1.165) is 30.9 Å². The van der Waals surface area contributed by atoms with E-state index < -0.39 is 0 Å². The van der Waals surface area contributed by atoms with Gasteiger partial charge >= 0.3 is 0 Å². The monoisotopic (exact) mass is 290 g/mol. The first kappa shape index (κ1) is 15.6. The van der Waals surface area contributed by atoms with Gasteiger partial charge in [0.15, 0.2) is 0 Å². The van der Waals surface area contributed by atoms with Gasteiger partial charge in [-0.1, -0.05) is 0 Å². The number of nitrogen functional groups attached to an aromatic ring is 1. The molecule has 2 rings (SSSR count). The predicted octanol–water partition coefficient (Wildman–Crippen LogP) is 1.55. The number of rotatable bonds is 4. The fraction of sp³-hybridized carbons (Fsp3) is 0.562. The minimum Gasteiger partial charge on any atom is -0.397 e. The number of anilines is 2. The van der Waals surface area contributed by atoms with Crippen molar-refractivity contribution in [2.75, 3.05) is 44.4 Å². The van der Waals surface area contributed by atoms with Gasteiger partial charge in [0, 0.05) is 31.7 Å². The summed E-state index contributed by atoms with van der Waals surface area (Å²) < 4.78 is 0. The lowest BCUT2D eigenvalue weighted by molar-refractivity contribution is 0.0956. The van der Waals surface area contributed by atoms with Crippen LogP contribution >= 0.6 is 0 Å². The molecule has 21 heavy (non-hydrogen) atoms. The second-order valence-electron chi connectivity index (χ2n) is 5.80. The van der Waals surface area contributed by atoms with Gasteiger partial charge in [-0.2, -0.15) is 0 Å². The molecule has 116 valence electrons. The van der Waals surface area contributed by atoms with Crippen LogP contribution in [-0.2, 0) is 0 Å². The lowest BCUT2D eigenvalue weighted by Gasteiger charge is -2.37. The number of piperidine rings is 1. The third kappa shape index (κ3) is 3.67. The maximum absolute atomic E-state index is 12.0. The average Bonchev–Trinajstić information content (AvgIpc) is 2.47. The summed E-state index contributed by atoms with van der Waals surface area (Å²) in [5.74, 6) is -0.0482. The van der Waals surface area contributed by atoms with Gasteiger partial charge in [-0.25, -0.2) is 0 Å². The number of benzene rings is 1. The Morgan fingerprint density at radius 2 is 2.29 bits per heavy atom. The zero-order chi connectivity index (χ0) is 15.4. The molecule has 0 spiro atoms. The molecule has 1 unspecified atom stereocenters. The van der Waals surface area contributed by atoms with E-state index in [2.05, 4.69) is 29.2 Å². The molecule has 1 aliphatic heterocycles. The van der Waals surface area contributed by atoms with Crippen LogP contribution in [0.1, 0.15) is 30.1 Å². The maximum atomic E-state index is 12.0. The van der Waals surface area contributed by atoms with Crippen molar-refractivity contribution in [3.63, 3.8) is 0 Å². The Morgan fingerprint density at radius 1 is 1.52 bits per heavy atom. The molecule has 1 aliphatic rings. The smallest absolute Gasteiger partial charge is 0.251 e. The van der Waals surface area contributed by atoms with E-state index in [-0.39, 0.29) is 5.91 Å². The molecule has 1 fully saturated rings. The molecule has 0 bridgehead atoms. The molecule has 0 saturated carbocycles. The van der Waals surface area contributed by atoms with Crippen LogP contribution in [0.4, 0.5) is 11.4 Å². The van der Waals surface area contributed by atoms with Gasteiger partial charge in [-0.05, 0) is 51.6 Å². The summed E-state index contributed by atoms with van der Waals surface area (Å²) in [6, 6.07) is 5.94. The van der Waals surface area contributed by atoms with Gasteiger partial charge in [0.25, 0.3) is 5.91 Å². The molecule has 5 nitrogen and oxygen atoms in total. The highest BCUT2D eigenvalue weighted by Crippen LogP contribution is 2.27. The molecule has 1 saturated heterocycles. The summed E-state index contributed by atoms with van der Waals surface area (Å²) >= 11 is 0. The highest BCUT2D eigenvalue weighted by molar-refractivity contribution is 5.96. The van der Waals surface area contributed by atoms with Gasteiger partial charge in [0.1, 0.15) is 0 Å². The van der Waals surface area contributed by atoms with E-state index in [1.165, 1.54) is 6.42 Å². The Labute approximate surface area is 127 Å². The van der Waals surface area contributed by atoms with E-state index >= 15 is 0 Å². The van der Waals surface area contributed by atoms with Crippen molar-refractivity contribution in [1.82, 2.24) is 10.2 Å². The second kappa shape index (κ2) is 6.80. The number of hydrogen-bond donors (Lipinski definition) is 2. The van der Waals surface area contributed by atoms with Gasteiger partial charge in [-0.15, -0.1) is 0 Å². The third-order valence-electron chi connectivity index (χ3n) is 4.16. The Bertz CT molecular complexity index is 503. The van der Waals surface area contributed by atoms with E-state index in [0.29, 0.717) is 18.2 Å². The summed E-state index contributed by atoms with van der Waals surface area (Å²) in [4.78, 5) is 16.5. The molecule has 1 amide bonds. The molecule has 0 aromatic heterocycles. The minimum atomic E-state index is -0.0482. The third-order valence-corrected chi connectivity index (χ3v) is 4.16. The molecule has 1 heterocycles. The summed E-state index contributed by atoms with van der Waals surface area (Å²) in [6.07, 6.45) is 2.35. The predicted molar refractivity (Wildman–Crippen MR) is 87.8 cm³/mol. The number of likely N-dealkylation sites (tertiary alicyclic amines) is 1. The first-order valence-corrected chi connectivity index (χ1v) is 7.62. The zero-order valence-electron chi connectivity index (χ0n) is 13.2. The van der Waals surface area contributed by atoms with E-state index in [9.17, 15) is 4.79 Å². The van der Waals surface area contributed by atoms with Crippen LogP contribution in [0.5, 0.6) is 0 Å². The second-order valence-corrected chi connectivity index (χ2v) is 5.80. The highest BCUT2D eigenvalue weighted by Gasteiger charge is 2.23. The molecule has 3 N–H and O–H groups in total. The topological polar surface area (TPSA) is 61.6 Å². The van der Waals surface area contributed by atoms with Crippen molar-refractivity contribution in [2.24, 2.45) is 0 Å².